The highest BCUT2D eigenvalue weighted by Crippen LogP contribution is 2.23. The summed E-state index contributed by atoms with van der Waals surface area (Å²) in [5.74, 6) is -0.550. The van der Waals surface area contributed by atoms with Crippen molar-refractivity contribution >= 4 is 35.0 Å². The van der Waals surface area contributed by atoms with E-state index in [4.69, 9.17) is 16.3 Å². The third-order valence-corrected chi connectivity index (χ3v) is 4.57. The Labute approximate surface area is 171 Å². The average molecular weight is 410 g/mol. The summed E-state index contributed by atoms with van der Waals surface area (Å²) in [7, 11) is 1.55. The van der Waals surface area contributed by atoms with Crippen LogP contribution in [-0.4, -0.2) is 67.5 Å². The smallest absolute Gasteiger partial charge is 0.248 e. The zero-order chi connectivity index (χ0) is 20.9. The topological polar surface area (TPSA) is 70.2 Å². The van der Waals surface area contributed by atoms with Gasteiger partial charge in [-0.2, -0.15) is 0 Å². The zero-order valence-electron chi connectivity index (χ0n) is 16.9. The Hall–Kier alpha value is -2.12. The number of hydrogen-bond acceptors (Lipinski definition) is 4. The molecule has 2 rings (SSSR count). The van der Waals surface area contributed by atoms with Gasteiger partial charge < -0.3 is 14.5 Å². The fourth-order valence-electron chi connectivity index (χ4n) is 2.91. The Balaban J connectivity index is 2.04. The molecule has 0 aliphatic carbocycles. The summed E-state index contributed by atoms with van der Waals surface area (Å²) in [5.41, 5.74) is 0.464. The minimum absolute atomic E-state index is 0.0169. The standard InChI is InChI=1S/C20H28ClN3O4/c1-20(2,3)11-17(25)22(8-9-28-4)12-18(26)23-13-19(27)24(14-23)16-7-5-6-15(21)10-16/h5-7,10H,8-9,11-14H2,1-4H3. The van der Waals surface area contributed by atoms with E-state index in [-0.39, 0.29) is 42.9 Å². The van der Waals surface area contributed by atoms with E-state index in [1.807, 2.05) is 20.8 Å². The molecule has 1 aromatic rings. The van der Waals surface area contributed by atoms with E-state index in [0.29, 0.717) is 30.3 Å². The van der Waals surface area contributed by atoms with Crippen molar-refractivity contribution in [3.8, 4) is 0 Å². The van der Waals surface area contributed by atoms with Crippen LogP contribution in [0.25, 0.3) is 0 Å². The molecule has 0 spiro atoms. The van der Waals surface area contributed by atoms with E-state index in [0.717, 1.165) is 0 Å². The van der Waals surface area contributed by atoms with Gasteiger partial charge in [-0.1, -0.05) is 38.4 Å². The first-order valence-electron chi connectivity index (χ1n) is 9.21. The van der Waals surface area contributed by atoms with Crippen LogP contribution in [0.2, 0.25) is 5.02 Å². The Morgan fingerprint density at radius 3 is 2.61 bits per heavy atom. The van der Waals surface area contributed by atoms with Gasteiger partial charge in [0.15, 0.2) is 0 Å². The normalized spacial score (nSPS) is 14.5. The zero-order valence-corrected chi connectivity index (χ0v) is 17.7. The number of carbonyl (C=O) groups is 3. The van der Waals surface area contributed by atoms with Gasteiger partial charge in [0.25, 0.3) is 0 Å². The number of carbonyl (C=O) groups excluding carboxylic acids is 3. The van der Waals surface area contributed by atoms with E-state index < -0.39 is 0 Å². The Kier molecular flexibility index (Phi) is 7.43. The molecule has 0 bridgehead atoms. The number of ether oxygens (including phenoxy) is 1. The van der Waals surface area contributed by atoms with Crippen molar-refractivity contribution < 1.29 is 19.1 Å². The van der Waals surface area contributed by atoms with Gasteiger partial charge in [-0.25, -0.2) is 0 Å². The Morgan fingerprint density at radius 1 is 1.29 bits per heavy atom. The second kappa shape index (κ2) is 9.39. The number of rotatable bonds is 7. The Morgan fingerprint density at radius 2 is 2.00 bits per heavy atom. The van der Waals surface area contributed by atoms with Crippen molar-refractivity contribution in [2.45, 2.75) is 27.2 Å². The molecule has 154 valence electrons. The van der Waals surface area contributed by atoms with Crippen LogP contribution in [0.3, 0.4) is 0 Å². The lowest BCUT2D eigenvalue weighted by atomic mass is 9.91. The number of hydrogen-bond donors (Lipinski definition) is 0. The highest BCUT2D eigenvalue weighted by atomic mass is 35.5. The number of nitrogens with zero attached hydrogens (tertiary/aromatic N) is 3. The first-order valence-corrected chi connectivity index (χ1v) is 9.59. The molecule has 0 atom stereocenters. The summed E-state index contributed by atoms with van der Waals surface area (Å²) in [6, 6.07) is 6.94. The molecule has 1 heterocycles. The summed E-state index contributed by atoms with van der Waals surface area (Å²) < 4.78 is 5.07. The van der Waals surface area contributed by atoms with Crippen molar-refractivity contribution in [3.63, 3.8) is 0 Å². The molecule has 0 aromatic heterocycles. The molecule has 1 fully saturated rings. The quantitative estimate of drug-likeness (QED) is 0.693. The number of methoxy groups -OCH3 is 1. The fourth-order valence-corrected chi connectivity index (χ4v) is 3.09. The number of anilines is 1. The maximum Gasteiger partial charge on any atom is 0.248 e. The van der Waals surface area contributed by atoms with Crippen molar-refractivity contribution in [3.05, 3.63) is 29.3 Å². The van der Waals surface area contributed by atoms with Gasteiger partial charge in [-0.05, 0) is 23.6 Å². The molecule has 1 aliphatic heterocycles. The molecule has 0 saturated carbocycles. The van der Waals surface area contributed by atoms with Crippen LogP contribution < -0.4 is 4.90 Å². The summed E-state index contributed by atoms with van der Waals surface area (Å²) >= 11 is 6.00. The third-order valence-electron chi connectivity index (χ3n) is 4.34. The lowest BCUT2D eigenvalue weighted by Gasteiger charge is -2.27. The van der Waals surface area contributed by atoms with Crippen LogP contribution in [0.1, 0.15) is 27.2 Å². The third kappa shape index (κ3) is 6.21. The minimum atomic E-state index is -0.267. The van der Waals surface area contributed by atoms with Crippen LogP contribution >= 0.6 is 11.6 Å². The maximum absolute atomic E-state index is 12.8. The van der Waals surface area contributed by atoms with Crippen LogP contribution in [-0.2, 0) is 19.1 Å². The first-order chi connectivity index (χ1) is 13.1. The van der Waals surface area contributed by atoms with E-state index in [2.05, 4.69) is 0 Å². The van der Waals surface area contributed by atoms with E-state index in [1.165, 1.54) is 14.7 Å². The molecule has 1 saturated heterocycles. The first kappa shape index (κ1) is 22.2. The minimum Gasteiger partial charge on any atom is -0.383 e. The van der Waals surface area contributed by atoms with Crippen molar-refractivity contribution in [1.82, 2.24) is 9.80 Å². The summed E-state index contributed by atoms with van der Waals surface area (Å²) in [6.07, 6.45) is 0.331. The molecule has 0 N–H and O–H groups in total. The predicted molar refractivity (Wildman–Crippen MR) is 108 cm³/mol. The van der Waals surface area contributed by atoms with Crippen LogP contribution in [0, 0.1) is 5.41 Å². The van der Waals surface area contributed by atoms with Gasteiger partial charge in [-0.3, -0.25) is 19.3 Å². The maximum atomic E-state index is 12.8. The van der Waals surface area contributed by atoms with Crippen molar-refractivity contribution in [2.75, 3.05) is 44.9 Å². The van der Waals surface area contributed by atoms with Gasteiger partial charge in [-0.15, -0.1) is 0 Å². The van der Waals surface area contributed by atoms with Crippen LogP contribution in [0.5, 0.6) is 0 Å². The molecule has 7 nitrogen and oxygen atoms in total. The number of benzene rings is 1. The second-order valence-electron chi connectivity index (χ2n) is 8.08. The summed E-state index contributed by atoms with van der Waals surface area (Å²) in [5, 5.41) is 0.522. The predicted octanol–water partition coefficient (Wildman–Crippen LogP) is 2.38. The van der Waals surface area contributed by atoms with Crippen LogP contribution in [0.4, 0.5) is 5.69 Å². The van der Waals surface area contributed by atoms with Crippen molar-refractivity contribution in [2.24, 2.45) is 5.41 Å². The molecular weight excluding hydrogens is 382 g/mol. The molecule has 1 aliphatic rings. The number of amides is 3. The largest absolute Gasteiger partial charge is 0.383 e. The molecule has 1 aromatic carbocycles. The lowest BCUT2D eigenvalue weighted by molar-refractivity contribution is -0.141. The number of halogens is 1. The SMILES string of the molecule is COCCN(CC(=O)N1CC(=O)N(c2cccc(Cl)c2)C1)C(=O)CC(C)(C)C. The highest BCUT2D eigenvalue weighted by Gasteiger charge is 2.33. The molecule has 0 unspecified atom stereocenters. The van der Waals surface area contributed by atoms with E-state index in [1.54, 1.807) is 31.4 Å². The molecule has 28 heavy (non-hydrogen) atoms. The molecule has 0 radical (unpaired) electrons. The highest BCUT2D eigenvalue weighted by molar-refractivity contribution is 6.31. The van der Waals surface area contributed by atoms with E-state index in [9.17, 15) is 14.4 Å². The van der Waals surface area contributed by atoms with Gasteiger partial charge >= 0.3 is 0 Å². The average Bonchev–Trinajstić information content (AvgIpc) is 2.98. The second-order valence-corrected chi connectivity index (χ2v) is 8.52. The lowest BCUT2D eigenvalue weighted by Crippen LogP contribution is -2.44. The molecule has 8 heteroatoms. The Bertz CT molecular complexity index is 732. The summed E-state index contributed by atoms with van der Waals surface area (Å²) in [6.45, 7) is 6.65. The van der Waals surface area contributed by atoms with Gasteiger partial charge in [0.2, 0.25) is 17.7 Å². The van der Waals surface area contributed by atoms with E-state index >= 15 is 0 Å². The van der Waals surface area contributed by atoms with Crippen molar-refractivity contribution in [1.29, 1.82) is 0 Å². The molecular formula is C20H28ClN3O4. The summed E-state index contributed by atoms with van der Waals surface area (Å²) in [4.78, 5) is 42.2. The monoisotopic (exact) mass is 409 g/mol. The van der Waals surface area contributed by atoms with Gasteiger partial charge in [0.1, 0.15) is 13.2 Å². The van der Waals surface area contributed by atoms with Crippen LogP contribution in [0.15, 0.2) is 24.3 Å². The van der Waals surface area contributed by atoms with Gasteiger partial charge in [0, 0.05) is 30.8 Å². The fraction of sp³-hybridized carbons (Fsp3) is 0.550. The molecule has 3 amide bonds. The van der Waals surface area contributed by atoms with Gasteiger partial charge in [0.05, 0.1) is 13.2 Å².